The fourth-order valence-corrected chi connectivity index (χ4v) is 3.27. The number of alkyl halides is 3. The van der Waals surface area contributed by atoms with Gasteiger partial charge in [-0.05, 0) is 14.1 Å². The number of likely N-dealkylation sites (tertiary alicyclic amines) is 1. The molecule has 2 fully saturated rings. The first-order valence-electron chi connectivity index (χ1n) is 8.90. The second-order valence-corrected chi connectivity index (χ2v) is 7.13. The highest BCUT2D eigenvalue weighted by Gasteiger charge is 2.44. The van der Waals surface area contributed by atoms with Crippen molar-refractivity contribution in [3.05, 3.63) is 0 Å². The van der Waals surface area contributed by atoms with Crippen LogP contribution in [0.2, 0.25) is 0 Å². The van der Waals surface area contributed by atoms with Crippen molar-refractivity contribution in [3.63, 3.8) is 0 Å². The van der Waals surface area contributed by atoms with Gasteiger partial charge < -0.3 is 20.4 Å². The second kappa shape index (κ2) is 12.0. The lowest BCUT2D eigenvalue weighted by atomic mass is 10.1. The average molecular weight is 452 g/mol. The van der Waals surface area contributed by atoms with E-state index in [4.69, 9.17) is 0 Å². The van der Waals surface area contributed by atoms with E-state index in [-0.39, 0.29) is 43.7 Å². The maximum absolute atomic E-state index is 13.4. The Hall–Kier alpha value is -0.810. The predicted molar refractivity (Wildman–Crippen MR) is 105 cm³/mol. The molecule has 0 radical (unpaired) electrons. The van der Waals surface area contributed by atoms with Crippen LogP contribution in [0.4, 0.5) is 13.2 Å². The molecule has 2 rings (SSSR count). The van der Waals surface area contributed by atoms with Gasteiger partial charge >= 0.3 is 6.18 Å². The van der Waals surface area contributed by atoms with Crippen LogP contribution in [-0.4, -0.2) is 105 Å². The van der Waals surface area contributed by atoms with Crippen LogP contribution in [0.5, 0.6) is 0 Å². The first kappa shape index (κ1) is 27.2. The Morgan fingerprint density at radius 1 is 1.29 bits per heavy atom. The molecule has 2 amide bonds. The lowest BCUT2D eigenvalue weighted by Gasteiger charge is -2.36. The summed E-state index contributed by atoms with van der Waals surface area (Å²) in [5, 5.41) is 5.44. The average Bonchev–Trinajstić information content (AvgIpc) is 2.94. The SMILES string of the molecule is CN(C)CCN1CC(C(=O)NCC(N2CCNCC2)C(F)(F)F)CC1=O.Cl.Cl. The Morgan fingerprint density at radius 2 is 1.89 bits per heavy atom. The molecule has 166 valence electrons. The maximum atomic E-state index is 13.4. The van der Waals surface area contributed by atoms with Crippen LogP contribution in [0.1, 0.15) is 6.42 Å². The largest absolute Gasteiger partial charge is 0.405 e. The van der Waals surface area contributed by atoms with Gasteiger partial charge in [0.2, 0.25) is 11.8 Å². The highest BCUT2D eigenvalue weighted by Crippen LogP contribution is 2.25. The number of nitrogens with zero attached hydrogens (tertiary/aromatic N) is 3. The van der Waals surface area contributed by atoms with E-state index in [1.165, 1.54) is 4.90 Å². The molecule has 7 nitrogen and oxygen atoms in total. The van der Waals surface area contributed by atoms with Crippen LogP contribution in [0, 0.1) is 5.92 Å². The zero-order valence-corrected chi connectivity index (χ0v) is 17.8. The summed E-state index contributed by atoms with van der Waals surface area (Å²) in [4.78, 5) is 29.1. The zero-order chi connectivity index (χ0) is 19.3. The van der Waals surface area contributed by atoms with Crippen LogP contribution in [0.25, 0.3) is 0 Å². The molecular formula is C16H30Cl2F3N5O2. The van der Waals surface area contributed by atoms with E-state index in [0.717, 1.165) is 0 Å². The molecule has 0 spiro atoms. The normalized spacial score (nSPS) is 21.9. The molecule has 0 saturated carbocycles. The van der Waals surface area contributed by atoms with Crippen molar-refractivity contribution >= 4 is 36.6 Å². The molecule has 2 aliphatic heterocycles. The van der Waals surface area contributed by atoms with Gasteiger partial charge in [0.25, 0.3) is 0 Å². The van der Waals surface area contributed by atoms with E-state index in [1.54, 1.807) is 4.90 Å². The van der Waals surface area contributed by atoms with Crippen molar-refractivity contribution < 1.29 is 22.8 Å². The smallest absolute Gasteiger partial charge is 0.354 e. The molecule has 12 heteroatoms. The summed E-state index contributed by atoms with van der Waals surface area (Å²) in [5.74, 6) is -1.18. The van der Waals surface area contributed by atoms with Crippen LogP contribution in [-0.2, 0) is 9.59 Å². The van der Waals surface area contributed by atoms with Gasteiger partial charge in [0.05, 0.1) is 5.92 Å². The van der Waals surface area contributed by atoms with Crippen molar-refractivity contribution in [2.24, 2.45) is 5.92 Å². The summed E-state index contributed by atoms with van der Waals surface area (Å²) < 4.78 is 40.1. The molecule has 2 aliphatic rings. The standard InChI is InChI=1S/C16H28F3N5O2.2ClH/c1-22(2)7-8-24-11-12(9-14(24)25)15(26)21-10-13(16(17,18)19)23-5-3-20-4-6-23;;/h12-13,20H,3-11H2,1-2H3,(H,21,26);2*1H. The molecule has 2 heterocycles. The fourth-order valence-electron chi connectivity index (χ4n) is 3.27. The number of rotatable bonds is 7. The molecule has 28 heavy (non-hydrogen) atoms. The number of likely N-dealkylation sites (N-methyl/N-ethyl adjacent to an activating group) is 1. The topological polar surface area (TPSA) is 67.9 Å². The Bertz CT molecular complexity index is 505. The van der Waals surface area contributed by atoms with Gasteiger partial charge in [-0.3, -0.25) is 14.5 Å². The van der Waals surface area contributed by atoms with Gasteiger partial charge in [0.15, 0.2) is 0 Å². The molecule has 2 N–H and O–H groups in total. The molecule has 2 atom stereocenters. The molecule has 0 aliphatic carbocycles. The minimum absolute atomic E-state index is 0. The minimum Gasteiger partial charge on any atom is -0.354 e. The second-order valence-electron chi connectivity index (χ2n) is 7.13. The van der Waals surface area contributed by atoms with E-state index in [2.05, 4.69) is 10.6 Å². The third kappa shape index (κ3) is 7.90. The number of amides is 2. The summed E-state index contributed by atoms with van der Waals surface area (Å²) >= 11 is 0. The number of halogens is 5. The lowest BCUT2D eigenvalue weighted by Crippen LogP contribution is -2.57. The van der Waals surface area contributed by atoms with Crippen molar-refractivity contribution in [1.82, 2.24) is 25.3 Å². The number of carbonyl (C=O) groups excluding carboxylic acids is 2. The van der Waals surface area contributed by atoms with Crippen LogP contribution < -0.4 is 10.6 Å². The predicted octanol–water partition coefficient (Wildman–Crippen LogP) is 0.192. The molecule has 0 aromatic rings. The number of hydrogen-bond donors (Lipinski definition) is 2. The number of hydrogen-bond acceptors (Lipinski definition) is 5. The highest BCUT2D eigenvalue weighted by molar-refractivity contribution is 5.89. The van der Waals surface area contributed by atoms with Gasteiger partial charge in [0, 0.05) is 58.8 Å². The van der Waals surface area contributed by atoms with Crippen molar-refractivity contribution in [1.29, 1.82) is 0 Å². The van der Waals surface area contributed by atoms with Crippen LogP contribution in [0.15, 0.2) is 0 Å². The molecule has 0 aromatic carbocycles. The third-order valence-corrected chi connectivity index (χ3v) is 4.84. The van der Waals surface area contributed by atoms with E-state index in [9.17, 15) is 22.8 Å². The molecule has 2 saturated heterocycles. The number of nitrogens with one attached hydrogen (secondary N) is 2. The van der Waals surface area contributed by atoms with Crippen molar-refractivity contribution in [3.8, 4) is 0 Å². The van der Waals surface area contributed by atoms with Gasteiger partial charge in [-0.1, -0.05) is 0 Å². The highest BCUT2D eigenvalue weighted by atomic mass is 35.5. The fraction of sp³-hybridized carbons (Fsp3) is 0.875. The Labute approximate surface area is 176 Å². The summed E-state index contributed by atoms with van der Waals surface area (Å²) in [6.45, 7) is 2.56. The van der Waals surface area contributed by atoms with Gasteiger partial charge in [0.1, 0.15) is 6.04 Å². The van der Waals surface area contributed by atoms with E-state index in [1.807, 2.05) is 19.0 Å². The number of piperazine rings is 1. The third-order valence-electron chi connectivity index (χ3n) is 4.84. The van der Waals surface area contributed by atoms with E-state index < -0.39 is 30.6 Å². The first-order chi connectivity index (χ1) is 12.2. The molecular weight excluding hydrogens is 422 g/mol. The van der Waals surface area contributed by atoms with Gasteiger partial charge in [-0.2, -0.15) is 13.2 Å². The molecule has 0 bridgehead atoms. The van der Waals surface area contributed by atoms with Crippen molar-refractivity contribution in [2.75, 3.05) is 66.5 Å². The summed E-state index contributed by atoms with van der Waals surface area (Å²) in [7, 11) is 3.77. The van der Waals surface area contributed by atoms with Crippen LogP contribution in [0.3, 0.4) is 0 Å². The monoisotopic (exact) mass is 451 g/mol. The van der Waals surface area contributed by atoms with Gasteiger partial charge in [-0.15, -0.1) is 24.8 Å². The Balaban J connectivity index is 0.00000364. The summed E-state index contributed by atoms with van der Waals surface area (Å²) in [5.41, 5.74) is 0. The first-order valence-corrected chi connectivity index (χ1v) is 8.90. The minimum atomic E-state index is -4.41. The van der Waals surface area contributed by atoms with Crippen LogP contribution >= 0.6 is 24.8 Å². The summed E-state index contributed by atoms with van der Waals surface area (Å²) in [6.07, 6.45) is -4.35. The van der Waals surface area contributed by atoms with E-state index >= 15 is 0 Å². The Kier molecular flexibility index (Phi) is 11.7. The quantitative estimate of drug-likeness (QED) is 0.578. The van der Waals surface area contributed by atoms with Gasteiger partial charge in [-0.25, -0.2) is 0 Å². The maximum Gasteiger partial charge on any atom is 0.405 e. The molecule has 2 unspecified atom stereocenters. The Morgan fingerprint density at radius 3 is 2.43 bits per heavy atom. The van der Waals surface area contributed by atoms with E-state index in [0.29, 0.717) is 39.3 Å². The molecule has 0 aromatic heterocycles. The number of carbonyl (C=O) groups is 2. The summed E-state index contributed by atoms with van der Waals surface area (Å²) in [6, 6.07) is -1.70. The van der Waals surface area contributed by atoms with Crippen molar-refractivity contribution in [2.45, 2.75) is 18.6 Å². The zero-order valence-electron chi connectivity index (χ0n) is 16.1. The lowest BCUT2D eigenvalue weighted by molar-refractivity contribution is -0.184.